The fraction of sp³-hybridized carbons (Fsp3) is 0.308. The van der Waals surface area contributed by atoms with E-state index in [4.69, 9.17) is 4.74 Å². The first kappa shape index (κ1) is 22.5. The van der Waals surface area contributed by atoms with Crippen molar-refractivity contribution in [3.05, 3.63) is 78.4 Å². The van der Waals surface area contributed by atoms with E-state index in [-0.39, 0.29) is 11.8 Å². The molecule has 4 rings (SSSR count). The molecule has 1 aliphatic heterocycles. The lowest BCUT2D eigenvalue weighted by Gasteiger charge is -2.41. The largest absolute Gasteiger partial charge is 0.497 e. The van der Waals surface area contributed by atoms with Gasteiger partial charge >= 0.3 is 0 Å². The molecular formula is C26H28N4O3. The number of nitrogens with zero attached hydrogens (tertiary/aromatic N) is 3. The Hall–Kier alpha value is -3.74. The number of methoxy groups -OCH3 is 1. The molecule has 1 atom stereocenters. The van der Waals surface area contributed by atoms with Gasteiger partial charge in [-0.15, -0.1) is 0 Å². The summed E-state index contributed by atoms with van der Waals surface area (Å²) in [7, 11) is 3.31. The maximum atomic E-state index is 13.1. The predicted molar refractivity (Wildman–Crippen MR) is 126 cm³/mol. The number of likely N-dealkylation sites (tertiary alicyclic amines) is 1. The molecule has 1 aromatic heterocycles. The lowest BCUT2D eigenvalue weighted by molar-refractivity contribution is -0.133. The number of carbonyl (C=O) groups excluding carboxylic acids is 2. The van der Waals surface area contributed by atoms with Crippen molar-refractivity contribution < 1.29 is 14.3 Å². The highest BCUT2D eigenvalue weighted by molar-refractivity contribution is 5.93. The van der Waals surface area contributed by atoms with Crippen molar-refractivity contribution >= 4 is 11.8 Å². The molecule has 2 amide bonds. The van der Waals surface area contributed by atoms with Gasteiger partial charge in [-0.05, 0) is 48.1 Å². The van der Waals surface area contributed by atoms with Crippen LogP contribution in [0.2, 0.25) is 0 Å². The highest BCUT2D eigenvalue weighted by Crippen LogP contribution is 2.35. The molecule has 7 heteroatoms. The van der Waals surface area contributed by atoms with E-state index in [1.54, 1.807) is 19.1 Å². The molecule has 1 saturated heterocycles. The molecular weight excluding hydrogens is 416 g/mol. The normalized spacial score (nSPS) is 17.9. The Morgan fingerprint density at radius 2 is 1.76 bits per heavy atom. The average molecular weight is 445 g/mol. The second-order valence-electron chi connectivity index (χ2n) is 8.38. The molecule has 1 aliphatic rings. The molecule has 33 heavy (non-hydrogen) atoms. The van der Waals surface area contributed by atoms with Crippen molar-refractivity contribution in [1.29, 1.82) is 0 Å². The summed E-state index contributed by atoms with van der Waals surface area (Å²) in [6, 6.07) is 16.2. The zero-order valence-electron chi connectivity index (χ0n) is 19.0. The van der Waals surface area contributed by atoms with Crippen molar-refractivity contribution in [2.75, 3.05) is 27.2 Å². The van der Waals surface area contributed by atoms with Crippen LogP contribution in [0.15, 0.2) is 67.1 Å². The summed E-state index contributed by atoms with van der Waals surface area (Å²) in [5.41, 5.74) is 2.87. The minimum absolute atomic E-state index is 0.0432. The van der Waals surface area contributed by atoms with Crippen LogP contribution in [0.5, 0.6) is 5.75 Å². The minimum Gasteiger partial charge on any atom is -0.497 e. The maximum absolute atomic E-state index is 13.1. The van der Waals surface area contributed by atoms with E-state index in [2.05, 4.69) is 39.6 Å². The monoisotopic (exact) mass is 444 g/mol. The van der Waals surface area contributed by atoms with Crippen LogP contribution in [0.25, 0.3) is 11.1 Å². The van der Waals surface area contributed by atoms with Crippen LogP contribution in [0, 0.1) is 5.41 Å². The molecule has 0 unspecified atom stereocenters. The van der Waals surface area contributed by atoms with Gasteiger partial charge in [0.25, 0.3) is 5.91 Å². The van der Waals surface area contributed by atoms with Crippen LogP contribution in [-0.4, -0.2) is 53.9 Å². The number of rotatable bonds is 6. The second-order valence-corrected chi connectivity index (χ2v) is 8.38. The fourth-order valence-corrected chi connectivity index (χ4v) is 4.54. The molecule has 2 aromatic carbocycles. The van der Waals surface area contributed by atoms with Gasteiger partial charge in [-0.25, -0.2) is 4.98 Å². The molecule has 0 bridgehead atoms. The average Bonchev–Trinajstić information content (AvgIpc) is 2.89. The van der Waals surface area contributed by atoms with Crippen LogP contribution in [0.4, 0.5) is 0 Å². The van der Waals surface area contributed by atoms with Gasteiger partial charge in [0.2, 0.25) is 5.91 Å². The molecule has 1 N–H and O–H groups in total. The third-order valence-corrected chi connectivity index (χ3v) is 6.27. The van der Waals surface area contributed by atoms with E-state index in [9.17, 15) is 9.59 Å². The van der Waals surface area contributed by atoms with Gasteiger partial charge in [0, 0.05) is 32.5 Å². The Bertz CT molecular complexity index is 1100. The van der Waals surface area contributed by atoms with E-state index < -0.39 is 5.41 Å². The van der Waals surface area contributed by atoms with Crippen molar-refractivity contribution in [1.82, 2.24) is 20.2 Å². The first-order chi connectivity index (χ1) is 16.0. The fourth-order valence-electron chi connectivity index (χ4n) is 4.54. The lowest BCUT2D eigenvalue weighted by atomic mass is 9.74. The molecule has 1 fully saturated rings. The molecule has 2 heterocycles. The Labute approximate surface area is 193 Å². The maximum Gasteiger partial charge on any atom is 0.274 e. The summed E-state index contributed by atoms with van der Waals surface area (Å²) in [4.78, 5) is 35.9. The highest BCUT2D eigenvalue weighted by atomic mass is 16.5. The van der Waals surface area contributed by atoms with Crippen molar-refractivity contribution in [3.8, 4) is 16.9 Å². The van der Waals surface area contributed by atoms with Crippen molar-refractivity contribution in [2.45, 2.75) is 19.3 Å². The van der Waals surface area contributed by atoms with E-state index in [0.717, 1.165) is 35.3 Å². The first-order valence-electron chi connectivity index (χ1n) is 11.1. The number of ether oxygens (including phenoxy) is 1. The van der Waals surface area contributed by atoms with E-state index in [0.29, 0.717) is 25.2 Å². The van der Waals surface area contributed by atoms with Crippen molar-refractivity contribution in [3.63, 3.8) is 0 Å². The van der Waals surface area contributed by atoms with Crippen LogP contribution in [0.3, 0.4) is 0 Å². The van der Waals surface area contributed by atoms with Gasteiger partial charge in [0.15, 0.2) is 0 Å². The Kier molecular flexibility index (Phi) is 6.68. The van der Waals surface area contributed by atoms with Crippen LogP contribution in [-0.2, 0) is 11.2 Å². The molecule has 170 valence electrons. The van der Waals surface area contributed by atoms with Crippen LogP contribution in [0.1, 0.15) is 28.9 Å². The van der Waals surface area contributed by atoms with Crippen LogP contribution >= 0.6 is 0 Å². The molecule has 0 saturated carbocycles. The van der Waals surface area contributed by atoms with Gasteiger partial charge in [-0.3, -0.25) is 14.6 Å². The Balaban J connectivity index is 1.54. The number of piperidine rings is 1. The summed E-state index contributed by atoms with van der Waals surface area (Å²) < 4.78 is 5.23. The summed E-state index contributed by atoms with van der Waals surface area (Å²) in [5, 5.41) is 2.83. The van der Waals surface area contributed by atoms with Crippen molar-refractivity contribution in [2.24, 2.45) is 5.41 Å². The SMILES string of the molecule is CNC(=O)[C@@]1(Cc2ccc(-c3ccc(OC)cc3)cc2)CCCN(C(=O)c2cnccn2)C1. The minimum atomic E-state index is -0.688. The number of carbonyl (C=O) groups is 2. The smallest absolute Gasteiger partial charge is 0.274 e. The molecule has 3 aromatic rings. The van der Waals surface area contributed by atoms with E-state index >= 15 is 0 Å². The number of hydrogen-bond donors (Lipinski definition) is 1. The van der Waals surface area contributed by atoms with Crippen LogP contribution < -0.4 is 10.1 Å². The third-order valence-electron chi connectivity index (χ3n) is 6.27. The zero-order chi connectivity index (χ0) is 23.3. The number of aromatic nitrogens is 2. The number of benzene rings is 2. The predicted octanol–water partition coefficient (Wildman–Crippen LogP) is 3.36. The Morgan fingerprint density at radius 3 is 2.36 bits per heavy atom. The second kappa shape index (κ2) is 9.81. The van der Waals surface area contributed by atoms with Gasteiger partial charge in [-0.2, -0.15) is 0 Å². The lowest BCUT2D eigenvalue weighted by Crippen LogP contribution is -2.54. The molecule has 7 nitrogen and oxygen atoms in total. The number of nitrogens with one attached hydrogen (secondary N) is 1. The van der Waals surface area contributed by atoms with Gasteiger partial charge < -0.3 is 15.0 Å². The summed E-state index contributed by atoms with van der Waals surface area (Å²) >= 11 is 0. The van der Waals surface area contributed by atoms with Gasteiger partial charge in [-0.1, -0.05) is 36.4 Å². The summed E-state index contributed by atoms with van der Waals surface area (Å²) in [6.07, 6.45) is 6.54. The summed E-state index contributed by atoms with van der Waals surface area (Å²) in [6.45, 7) is 0.951. The van der Waals surface area contributed by atoms with E-state index in [1.165, 1.54) is 18.6 Å². The zero-order valence-corrected chi connectivity index (χ0v) is 19.0. The molecule has 0 radical (unpaired) electrons. The molecule has 0 spiro atoms. The first-order valence-corrected chi connectivity index (χ1v) is 11.1. The standard InChI is InChI=1S/C26H28N4O3/c1-27-25(32)26(12-3-15-30(18-26)24(31)23-17-28-13-14-29-23)16-19-4-6-20(7-5-19)21-8-10-22(33-2)11-9-21/h4-11,13-14,17H,3,12,15-16,18H2,1-2H3,(H,27,32)/t26-/m1/s1. The quantitative estimate of drug-likeness (QED) is 0.630. The molecule has 0 aliphatic carbocycles. The topological polar surface area (TPSA) is 84.4 Å². The van der Waals surface area contributed by atoms with Gasteiger partial charge in [0.1, 0.15) is 11.4 Å². The highest BCUT2D eigenvalue weighted by Gasteiger charge is 2.43. The number of amides is 2. The van der Waals surface area contributed by atoms with E-state index in [1.807, 2.05) is 24.3 Å². The summed E-state index contributed by atoms with van der Waals surface area (Å²) in [5.74, 6) is 0.588. The third kappa shape index (κ3) is 4.87. The van der Waals surface area contributed by atoms with Gasteiger partial charge in [0.05, 0.1) is 18.7 Å². The Morgan fingerprint density at radius 1 is 1.06 bits per heavy atom. The number of hydrogen-bond acceptors (Lipinski definition) is 5.